The first kappa shape index (κ1) is 11.5. The number of rotatable bonds is 4. The first-order valence-electron chi connectivity index (χ1n) is 3.61. The Labute approximate surface area is 78.6 Å². The molecule has 0 aliphatic carbocycles. The van der Waals surface area contributed by atoms with Gasteiger partial charge >= 0.3 is 5.97 Å². The number of ether oxygens (including phenoxy) is 1. The van der Waals surface area contributed by atoms with E-state index >= 15 is 0 Å². The number of carbonyl (C=O) groups is 1. The zero-order valence-electron chi connectivity index (χ0n) is 7.34. The minimum absolute atomic E-state index is 0.272. The van der Waals surface area contributed by atoms with Crippen molar-refractivity contribution in [2.75, 3.05) is 6.61 Å². The molecule has 0 aromatic heterocycles. The summed E-state index contributed by atoms with van der Waals surface area (Å²) >= 11 is 5.97. The Morgan fingerprint density at radius 1 is 1.67 bits per heavy atom. The summed E-state index contributed by atoms with van der Waals surface area (Å²) in [5.74, 6) is -0.409. The van der Waals surface area contributed by atoms with Crippen molar-refractivity contribution in [3.63, 3.8) is 0 Å². The van der Waals surface area contributed by atoms with Crippen LogP contribution in [0.15, 0.2) is 24.4 Å². The van der Waals surface area contributed by atoms with Crippen LogP contribution in [0.5, 0.6) is 0 Å². The van der Waals surface area contributed by atoms with Gasteiger partial charge in [-0.15, -0.1) is 0 Å². The van der Waals surface area contributed by atoms with Gasteiger partial charge in [0.05, 0.1) is 0 Å². The van der Waals surface area contributed by atoms with Crippen LogP contribution in [0.1, 0.15) is 0 Å². The third kappa shape index (κ3) is 7.56. The predicted molar refractivity (Wildman–Crippen MR) is 53.6 cm³/mol. The largest absolute Gasteiger partial charge is 0.458 e. The Bertz CT molecular complexity index is 194. The van der Waals surface area contributed by atoms with Crippen LogP contribution in [0, 0.1) is 0 Å². The van der Waals surface area contributed by atoms with Crippen LogP contribution < -0.4 is 0 Å². The molecule has 4 heteroatoms. The topological polar surface area (TPSA) is 26.3 Å². The smallest absolute Gasteiger partial charge is 0.330 e. The molecule has 0 fully saturated rings. The minimum Gasteiger partial charge on any atom is -0.458 e. The number of hydrogen-bond acceptors (Lipinski definition) is 2. The molecule has 0 bridgehead atoms. The first-order chi connectivity index (χ1) is 5.45. The second kappa shape index (κ2) is 5.16. The maximum absolute atomic E-state index is 10.5. The Kier molecular flexibility index (Phi) is 4.93. The summed E-state index contributed by atoms with van der Waals surface area (Å²) in [7, 11) is -1.66. The fourth-order valence-corrected chi connectivity index (χ4v) is 1.44. The van der Waals surface area contributed by atoms with Gasteiger partial charge in [0.15, 0.2) is 7.38 Å². The number of hydrogen-bond donors (Lipinski definition) is 0. The maximum Gasteiger partial charge on any atom is 0.330 e. The zero-order chi connectivity index (χ0) is 9.61. The van der Waals surface area contributed by atoms with Crippen molar-refractivity contribution in [3.05, 3.63) is 24.4 Å². The highest BCUT2D eigenvalue weighted by atomic mass is 35.6. The van der Waals surface area contributed by atoms with E-state index in [0.29, 0.717) is 0 Å². The molecule has 0 saturated carbocycles. The van der Waals surface area contributed by atoms with Gasteiger partial charge in [0.25, 0.3) is 0 Å². The second-order valence-corrected chi connectivity index (χ2v) is 9.19. The Morgan fingerprint density at radius 3 is 2.67 bits per heavy atom. The van der Waals surface area contributed by atoms with Crippen molar-refractivity contribution < 1.29 is 9.53 Å². The highest BCUT2D eigenvalue weighted by molar-refractivity contribution is 7.21. The normalized spacial score (nSPS) is 11.6. The summed E-state index contributed by atoms with van der Waals surface area (Å²) < 4.78 is 4.71. The van der Waals surface area contributed by atoms with Crippen LogP contribution in [-0.2, 0) is 9.53 Å². The third-order valence-electron chi connectivity index (χ3n) is 1.00. The second-order valence-electron chi connectivity index (χ2n) is 2.80. The van der Waals surface area contributed by atoms with E-state index in [1.165, 1.54) is 0 Å². The predicted octanol–water partition coefficient (Wildman–Crippen LogP) is 2.25. The van der Waals surface area contributed by atoms with Crippen molar-refractivity contribution >= 4 is 24.4 Å². The van der Waals surface area contributed by atoms with Crippen LogP contribution in [-0.4, -0.2) is 20.0 Å². The lowest BCUT2D eigenvalue weighted by molar-refractivity contribution is -0.136. The van der Waals surface area contributed by atoms with Crippen LogP contribution in [0.3, 0.4) is 0 Å². The van der Waals surface area contributed by atoms with Crippen LogP contribution in [0.4, 0.5) is 0 Å². The Balaban J connectivity index is 3.63. The molecular formula is C8H13ClO2Si. The molecule has 12 heavy (non-hydrogen) atoms. The van der Waals surface area contributed by atoms with E-state index in [2.05, 4.69) is 6.58 Å². The average molecular weight is 205 g/mol. The molecule has 0 aromatic carbocycles. The highest BCUT2D eigenvalue weighted by Crippen LogP contribution is 2.08. The van der Waals surface area contributed by atoms with Gasteiger partial charge in [-0.3, -0.25) is 0 Å². The van der Waals surface area contributed by atoms with Crippen molar-refractivity contribution in [1.29, 1.82) is 0 Å². The van der Waals surface area contributed by atoms with E-state index in [9.17, 15) is 4.79 Å². The SMILES string of the molecule is C=CC(=O)OC/C=C/[Si](C)(C)Cl. The molecule has 0 unspecified atom stereocenters. The summed E-state index contributed by atoms with van der Waals surface area (Å²) in [5, 5.41) is 0. The van der Waals surface area contributed by atoms with Gasteiger partial charge < -0.3 is 4.74 Å². The fraction of sp³-hybridized carbons (Fsp3) is 0.375. The monoisotopic (exact) mass is 204 g/mol. The van der Waals surface area contributed by atoms with Gasteiger partial charge in [0.2, 0.25) is 0 Å². The number of esters is 1. The lowest BCUT2D eigenvalue weighted by Gasteiger charge is -2.04. The summed E-state index contributed by atoms with van der Waals surface area (Å²) in [6.07, 6.45) is 2.90. The van der Waals surface area contributed by atoms with Gasteiger partial charge in [-0.1, -0.05) is 31.4 Å². The van der Waals surface area contributed by atoms with Crippen molar-refractivity contribution in [2.45, 2.75) is 13.1 Å². The average Bonchev–Trinajstić information content (AvgIpc) is 1.96. The standard InChI is InChI=1S/C8H13ClO2Si/c1-4-8(10)11-6-5-7-12(2,3)9/h4-5,7H,1,6H2,2-3H3/b7-5+. The van der Waals surface area contributed by atoms with E-state index in [-0.39, 0.29) is 6.61 Å². The molecule has 0 heterocycles. The molecule has 0 spiro atoms. The van der Waals surface area contributed by atoms with Gasteiger partial charge in [0.1, 0.15) is 6.61 Å². The van der Waals surface area contributed by atoms with Gasteiger partial charge in [-0.05, 0) is 0 Å². The molecule has 0 aliphatic rings. The van der Waals surface area contributed by atoms with Crippen molar-refractivity contribution in [2.24, 2.45) is 0 Å². The quantitative estimate of drug-likeness (QED) is 0.304. The molecule has 0 atom stereocenters. The van der Waals surface area contributed by atoms with E-state index < -0.39 is 13.4 Å². The molecule has 68 valence electrons. The molecular weight excluding hydrogens is 192 g/mol. The van der Waals surface area contributed by atoms with E-state index in [4.69, 9.17) is 15.8 Å². The van der Waals surface area contributed by atoms with Crippen molar-refractivity contribution in [1.82, 2.24) is 0 Å². The van der Waals surface area contributed by atoms with E-state index in [1.807, 2.05) is 18.8 Å². The molecule has 0 N–H and O–H groups in total. The zero-order valence-corrected chi connectivity index (χ0v) is 9.10. The summed E-state index contributed by atoms with van der Waals surface area (Å²) in [5.41, 5.74) is 1.91. The lowest BCUT2D eigenvalue weighted by Crippen LogP contribution is -2.12. The van der Waals surface area contributed by atoms with Gasteiger partial charge in [-0.2, -0.15) is 11.1 Å². The minimum atomic E-state index is -1.66. The third-order valence-corrected chi connectivity index (χ3v) is 2.41. The van der Waals surface area contributed by atoms with E-state index in [1.54, 1.807) is 6.08 Å². The molecule has 2 nitrogen and oxygen atoms in total. The number of halogens is 1. The molecule has 0 aliphatic heterocycles. The molecule has 0 aromatic rings. The fourth-order valence-electron chi connectivity index (χ4n) is 0.518. The summed E-state index contributed by atoms with van der Waals surface area (Å²) in [6.45, 7) is 7.52. The van der Waals surface area contributed by atoms with Crippen LogP contribution in [0.2, 0.25) is 13.1 Å². The number of carbonyl (C=O) groups excluding carboxylic acids is 1. The summed E-state index contributed by atoms with van der Waals surface area (Å²) in [6, 6.07) is 0. The van der Waals surface area contributed by atoms with Gasteiger partial charge in [0, 0.05) is 6.08 Å². The van der Waals surface area contributed by atoms with E-state index in [0.717, 1.165) is 6.08 Å². The maximum atomic E-state index is 10.5. The summed E-state index contributed by atoms with van der Waals surface area (Å²) in [4.78, 5) is 10.5. The lowest BCUT2D eigenvalue weighted by atomic mass is 10.6. The first-order valence-corrected chi connectivity index (χ1v) is 7.70. The Morgan fingerprint density at radius 2 is 2.25 bits per heavy atom. The molecule has 0 saturated heterocycles. The molecule has 0 amide bonds. The molecule has 0 radical (unpaired) electrons. The van der Waals surface area contributed by atoms with Gasteiger partial charge in [-0.25, -0.2) is 4.79 Å². The van der Waals surface area contributed by atoms with Crippen LogP contribution in [0.25, 0.3) is 0 Å². The molecule has 0 rings (SSSR count). The van der Waals surface area contributed by atoms with Crippen LogP contribution >= 0.6 is 11.1 Å². The highest BCUT2D eigenvalue weighted by Gasteiger charge is 2.10. The Hall–Kier alpha value is -0.543. The van der Waals surface area contributed by atoms with Crippen molar-refractivity contribution in [3.8, 4) is 0 Å².